The van der Waals surface area contributed by atoms with Crippen molar-refractivity contribution in [1.29, 1.82) is 0 Å². The van der Waals surface area contributed by atoms with Gasteiger partial charge in [-0.15, -0.1) is 11.6 Å². The van der Waals surface area contributed by atoms with E-state index in [4.69, 9.17) is 11.6 Å². The molecule has 0 heterocycles. The Hall–Kier alpha value is 0.250. The molecule has 0 saturated carbocycles. The second kappa shape index (κ2) is 13.2. The number of hydrogen-bond donors (Lipinski definition) is 1. The summed E-state index contributed by atoms with van der Waals surface area (Å²) in [5.74, 6) is 0.710. The third kappa shape index (κ3) is 11.8. The smallest absolute Gasteiger partial charge is 0.0403 e. The lowest BCUT2D eigenvalue weighted by Gasteiger charge is -2.27. The number of rotatable bonds is 14. The van der Waals surface area contributed by atoms with Crippen LogP contribution in [0.3, 0.4) is 0 Å². The molecule has 2 heteroatoms. The van der Waals surface area contributed by atoms with Gasteiger partial charge >= 0.3 is 0 Å². The summed E-state index contributed by atoms with van der Waals surface area (Å²) in [6, 6.07) is 0. The maximum atomic E-state index is 5.98. The summed E-state index contributed by atoms with van der Waals surface area (Å²) >= 11 is 5.98. The monoisotopic (exact) mass is 289 g/mol. The Morgan fingerprint density at radius 1 is 0.789 bits per heavy atom. The molecular weight excluding hydrogens is 254 g/mol. The lowest BCUT2D eigenvalue weighted by Crippen LogP contribution is -2.43. The Kier molecular flexibility index (Phi) is 13.4. The molecule has 0 bridgehead atoms. The fourth-order valence-electron chi connectivity index (χ4n) is 2.27. The van der Waals surface area contributed by atoms with Crippen molar-refractivity contribution in [1.82, 2.24) is 5.32 Å². The zero-order valence-corrected chi connectivity index (χ0v) is 14.3. The normalized spacial score (nSPS) is 14.5. The van der Waals surface area contributed by atoms with E-state index in [2.05, 4.69) is 26.1 Å². The van der Waals surface area contributed by atoms with Crippen LogP contribution in [0.15, 0.2) is 0 Å². The van der Waals surface area contributed by atoms with Crippen molar-refractivity contribution in [3.05, 3.63) is 0 Å². The molecule has 0 aliphatic heterocycles. The molecule has 0 aromatic rings. The quantitative estimate of drug-likeness (QED) is 0.310. The van der Waals surface area contributed by atoms with Crippen molar-refractivity contribution in [2.24, 2.45) is 0 Å². The fourth-order valence-corrected chi connectivity index (χ4v) is 2.55. The van der Waals surface area contributed by atoms with E-state index in [0.29, 0.717) is 5.88 Å². The second-order valence-corrected chi connectivity index (χ2v) is 6.42. The van der Waals surface area contributed by atoms with E-state index in [9.17, 15) is 0 Å². The van der Waals surface area contributed by atoms with Gasteiger partial charge < -0.3 is 5.32 Å². The van der Waals surface area contributed by atoms with E-state index in [-0.39, 0.29) is 5.54 Å². The van der Waals surface area contributed by atoms with Gasteiger partial charge in [-0.25, -0.2) is 0 Å². The van der Waals surface area contributed by atoms with Gasteiger partial charge in [0.15, 0.2) is 0 Å². The minimum absolute atomic E-state index is 0.140. The summed E-state index contributed by atoms with van der Waals surface area (Å²) in [4.78, 5) is 0. The molecule has 0 radical (unpaired) electrons. The molecule has 1 N–H and O–H groups in total. The molecule has 1 atom stereocenters. The summed E-state index contributed by atoms with van der Waals surface area (Å²) < 4.78 is 0. The van der Waals surface area contributed by atoms with Crippen molar-refractivity contribution in [2.75, 3.05) is 12.4 Å². The van der Waals surface area contributed by atoms with E-state index < -0.39 is 0 Å². The van der Waals surface area contributed by atoms with E-state index in [1.54, 1.807) is 0 Å². The van der Waals surface area contributed by atoms with Gasteiger partial charge in [0.05, 0.1) is 0 Å². The van der Waals surface area contributed by atoms with Crippen LogP contribution in [-0.2, 0) is 0 Å². The molecule has 0 aromatic heterocycles. The first kappa shape index (κ1) is 19.2. The molecule has 0 aliphatic carbocycles. The molecule has 0 aromatic carbocycles. The summed E-state index contributed by atoms with van der Waals surface area (Å²) in [7, 11) is 0. The Labute approximate surface area is 126 Å². The minimum atomic E-state index is 0.140. The van der Waals surface area contributed by atoms with Gasteiger partial charge in [0.1, 0.15) is 0 Å². The Morgan fingerprint density at radius 3 is 1.68 bits per heavy atom. The average molecular weight is 290 g/mol. The van der Waals surface area contributed by atoms with E-state index in [1.165, 1.54) is 64.2 Å². The zero-order chi connectivity index (χ0) is 14.4. The minimum Gasteiger partial charge on any atom is -0.310 e. The van der Waals surface area contributed by atoms with Crippen LogP contribution in [-0.4, -0.2) is 18.0 Å². The van der Waals surface area contributed by atoms with Gasteiger partial charge in [0.2, 0.25) is 0 Å². The number of halogens is 1. The van der Waals surface area contributed by atoms with Crippen molar-refractivity contribution >= 4 is 11.6 Å². The first-order valence-electron chi connectivity index (χ1n) is 8.49. The summed E-state index contributed by atoms with van der Waals surface area (Å²) in [6.45, 7) is 7.82. The molecule has 0 rings (SSSR count). The maximum absolute atomic E-state index is 5.98. The summed E-state index contributed by atoms with van der Waals surface area (Å²) in [5.41, 5.74) is 0.140. The molecular formula is C17H36ClN. The lowest BCUT2D eigenvalue weighted by atomic mass is 10.0. The molecule has 1 nitrogen and oxygen atoms in total. The van der Waals surface area contributed by atoms with Gasteiger partial charge in [-0.05, 0) is 26.3 Å². The zero-order valence-electron chi connectivity index (χ0n) is 13.6. The second-order valence-electron chi connectivity index (χ2n) is 6.16. The largest absolute Gasteiger partial charge is 0.310 e. The SMILES string of the molecule is CCCCCCCCCCCCNC(C)(CC)CCl. The third-order valence-corrected chi connectivity index (χ3v) is 4.75. The molecule has 0 aliphatic rings. The van der Waals surface area contributed by atoms with E-state index >= 15 is 0 Å². The fraction of sp³-hybridized carbons (Fsp3) is 1.00. The van der Waals surface area contributed by atoms with Gasteiger partial charge in [0, 0.05) is 11.4 Å². The van der Waals surface area contributed by atoms with Crippen molar-refractivity contribution < 1.29 is 0 Å². The predicted molar refractivity (Wildman–Crippen MR) is 89.3 cm³/mol. The van der Waals surface area contributed by atoms with Crippen LogP contribution in [0.4, 0.5) is 0 Å². The highest BCUT2D eigenvalue weighted by Crippen LogP contribution is 2.12. The Balaban J connectivity index is 3.19. The van der Waals surface area contributed by atoms with Crippen LogP contribution < -0.4 is 5.32 Å². The molecule has 0 saturated heterocycles. The number of alkyl halides is 1. The van der Waals surface area contributed by atoms with Crippen LogP contribution in [0.2, 0.25) is 0 Å². The van der Waals surface area contributed by atoms with Gasteiger partial charge in [-0.2, -0.15) is 0 Å². The highest BCUT2D eigenvalue weighted by Gasteiger charge is 2.18. The van der Waals surface area contributed by atoms with Crippen LogP contribution in [0.5, 0.6) is 0 Å². The topological polar surface area (TPSA) is 12.0 Å². The highest BCUT2D eigenvalue weighted by molar-refractivity contribution is 6.18. The predicted octanol–water partition coefficient (Wildman–Crippen LogP) is 5.90. The van der Waals surface area contributed by atoms with Gasteiger partial charge in [0.25, 0.3) is 0 Å². The van der Waals surface area contributed by atoms with Crippen molar-refractivity contribution in [3.8, 4) is 0 Å². The third-order valence-electron chi connectivity index (χ3n) is 4.16. The molecule has 1 unspecified atom stereocenters. The number of nitrogens with one attached hydrogen (secondary N) is 1. The van der Waals surface area contributed by atoms with E-state index in [1.807, 2.05) is 0 Å². The molecule has 116 valence electrons. The number of hydrogen-bond acceptors (Lipinski definition) is 1. The van der Waals surface area contributed by atoms with Crippen molar-refractivity contribution in [3.63, 3.8) is 0 Å². The number of unbranched alkanes of at least 4 members (excludes halogenated alkanes) is 9. The highest BCUT2D eigenvalue weighted by atomic mass is 35.5. The maximum Gasteiger partial charge on any atom is 0.0403 e. The molecule has 0 spiro atoms. The first-order valence-corrected chi connectivity index (χ1v) is 9.03. The Bertz CT molecular complexity index is 178. The first-order chi connectivity index (χ1) is 9.18. The van der Waals surface area contributed by atoms with Crippen LogP contribution in [0, 0.1) is 0 Å². The van der Waals surface area contributed by atoms with Crippen molar-refractivity contribution in [2.45, 2.75) is 96.9 Å². The van der Waals surface area contributed by atoms with Gasteiger partial charge in [-0.3, -0.25) is 0 Å². The average Bonchev–Trinajstić information content (AvgIpc) is 2.44. The molecule has 19 heavy (non-hydrogen) atoms. The summed E-state index contributed by atoms with van der Waals surface area (Å²) in [6.07, 6.45) is 15.1. The standard InChI is InChI=1S/C17H36ClN/c1-4-6-7-8-9-10-11-12-13-14-15-19-17(3,5-2)16-18/h19H,4-16H2,1-3H3. The van der Waals surface area contributed by atoms with E-state index in [0.717, 1.165) is 13.0 Å². The van der Waals surface area contributed by atoms with Crippen LogP contribution in [0.1, 0.15) is 91.4 Å². The van der Waals surface area contributed by atoms with Crippen LogP contribution in [0.25, 0.3) is 0 Å². The molecule has 0 amide bonds. The Morgan fingerprint density at radius 2 is 1.26 bits per heavy atom. The van der Waals surface area contributed by atoms with Crippen LogP contribution >= 0.6 is 11.6 Å². The molecule has 0 fully saturated rings. The van der Waals surface area contributed by atoms with Gasteiger partial charge in [-0.1, -0.05) is 71.6 Å². The lowest BCUT2D eigenvalue weighted by molar-refractivity contribution is 0.375. The summed E-state index contributed by atoms with van der Waals surface area (Å²) in [5, 5.41) is 3.59.